The summed E-state index contributed by atoms with van der Waals surface area (Å²) in [7, 11) is 1.60. The van der Waals surface area contributed by atoms with Crippen LogP contribution >= 0.6 is 11.6 Å². The first-order chi connectivity index (χ1) is 18.0. The lowest BCUT2D eigenvalue weighted by Gasteiger charge is -2.13. The molecule has 0 bridgehead atoms. The standard InChI is InChI=1S/C29H18ClN5O2/c1-37-19-11-9-16(10-12-19)26-23(15-35(34-26)18-6-4-5-17(30)13-18)24-22(14-31)29(32)33-27-25(24)20-7-2-3-8-21(20)28(27)36/h2-13,15H,1H3,(H2,32,33). The van der Waals surface area contributed by atoms with Crippen molar-refractivity contribution in [1.29, 1.82) is 5.26 Å². The van der Waals surface area contributed by atoms with Crippen molar-refractivity contribution in [2.24, 2.45) is 0 Å². The lowest BCUT2D eigenvalue weighted by atomic mass is 9.91. The number of benzene rings is 3. The summed E-state index contributed by atoms with van der Waals surface area (Å²) in [6, 6.07) is 24.3. The molecular formula is C29H18ClN5O2. The van der Waals surface area contributed by atoms with Crippen LogP contribution in [0.4, 0.5) is 5.82 Å². The van der Waals surface area contributed by atoms with Crippen LogP contribution in [0.25, 0.3) is 39.2 Å². The number of nitrogen functional groups attached to an aromatic ring is 1. The number of nitriles is 1. The monoisotopic (exact) mass is 503 g/mol. The van der Waals surface area contributed by atoms with Gasteiger partial charge in [0.15, 0.2) is 0 Å². The minimum atomic E-state index is -0.226. The van der Waals surface area contributed by atoms with Crippen molar-refractivity contribution in [3.05, 3.63) is 101 Å². The fraction of sp³-hybridized carbons (Fsp3) is 0.0345. The number of hydrogen-bond acceptors (Lipinski definition) is 6. The van der Waals surface area contributed by atoms with Crippen LogP contribution in [0.5, 0.6) is 5.75 Å². The van der Waals surface area contributed by atoms with Crippen molar-refractivity contribution in [3.8, 4) is 51.0 Å². The highest BCUT2D eigenvalue weighted by Gasteiger charge is 2.35. The lowest BCUT2D eigenvalue weighted by molar-refractivity contribution is 0.103. The van der Waals surface area contributed by atoms with Crippen molar-refractivity contribution < 1.29 is 9.53 Å². The van der Waals surface area contributed by atoms with Crippen molar-refractivity contribution >= 4 is 23.2 Å². The topological polar surface area (TPSA) is 107 Å². The van der Waals surface area contributed by atoms with Gasteiger partial charge < -0.3 is 10.5 Å². The number of pyridine rings is 1. The highest BCUT2D eigenvalue weighted by atomic mass is 35.5. The van der Waals surface area contributed by atoms with E-state index in [2.05, 4.69) is 11.1 Å². The number of carbonyl (C=O) groups excluding carboxylic acids is 1. The first-order valence-corrected chi connectivity index (χ1v) is 11.8. The van der Waals surface area contributed by atoms with E-state index in [0.717, 1.165) is 11.3 Å². The van der Waals surface area contributed by atoms with Crippen LogP contribution in [0.3, 0.4) is 0 Å². The second-order valence-corrected chi connectivity index (χ2v) is 8.94. The van der Waals surface area contributed by atoms with Gasteiger partial charge >= 0.3 is 0 Å². The van der Waals surface area contributed by atoms with Gasteiger partial charge in [-0.05, 0) is 48.0 Å². The zero-order chi connectivity index (χ0) is 25.7. The largest absolute Gasteiger partial charge is 0.497 e. The number of nitrogens with zero attached hydrogens (tertiary/aromatic N) is 4. The second-order valence-electron chi connectivity index (χ2n) is 8.50. The summed E-state index contributed by atoms with van der Waals surface area (Å²) in [5.41, 5.74) is 11.8. The Bertz CT molecular complexity index is 1770. The van der Waals surface area contributed by atoms with Gasteiger partial charge in [-0.3, -0.25) is 4.79 Å². The summed E-state index contributed by atoms with van der Waals surface area (Å²) in [5.74, 6) is 0.468. The molecule has 7 nitrogen and oxygen atoms in total. The minimum absolute atomic E-state index is 0.00593. The normalized spacial score (nSPS) is 11.6. The third kappa shape index (κ3) is 3.54. The summed E-state index contributed by atoms with van der Waals surface area (Å²) < 4.78 is 7.03. The van der Waals surface area contributed by atoms with E-state index in [-0.39, 0.29) is 22.9 Å². The predicted molar refractivity (Wildman–Crippen MR) is 142 cm³/mol. The molecule has 0 atom stereocenters. The number of anilines is 1. The molecule has 2 heterocycles. The average molecular weight is 504 g/mol. The highest BCUT2D eigenvalue weighted by molar-refractivity contribution is 6.30. The first-order valence-electron chi connectivity index (χ1n) is 11.4. The van der Waals surface area contributed by atoms with Gasteiger partial charge in [-0.1, -0.05) is 41.9 Å². The second kappa shape index (κ2) is 8.63. The van der Waals surface area contributed by atoms with Gasteiger partial charge in [-0.2, -0.15) is 10.4 Å². The van der Waals surface area contributed by atoms with E-state index in [0.29, 0.717) is 44.3 Å². The number of carbonyl (C=O) groups is 1. The van der Waals surface area contributed by atoms with E-state index in [1.54, 1.807) is 36.1 Å². The molecule has 5 aromatic rings. The summed E-state index contributed by atoms with van der Waals surface area (Å²) in [4.78, 5) is 17.6. The summed E-state index contributed by atoms with van der Waals surface area (Å²) >= 11 is 6.27. The molecule has 0 spiro atoms. The minimum Gasteiger partial charge on any atom is -0.497 e. The number of hydrogen-bond donors (Lipinski definition) is 1. The molecule has 1 aliphatic rings. The quantitative estimate of drug-likeness (QED) is 0.319. The number of aromatic nitrogens is 3. The molecule has 0 fully saturated rings. The highest BCUT2D eigenvalue weighted by Crippen LogP contribution is 2.47. The maximum Gasteiger partial charge on any atom is 0.212 e. The zero-order valence-electron chi connectivity index (χ0n) is 19.6. The van der Waals surface area contributed by atoms with Crippen LogP contribution in [0.2, 0.25) is 5.02 Å². The van der Waals surface area contributed by atoms with Crippen LogP contribution in [-0.4, -0.2) is 27.7 Å². The lowest BCUT2D eigenvalue weighted by Crippen LogP contribution is -2.06. The van der Waals surface area contributed by atoms with Crippen molar-refractivity contribution in [2.45, 2.75) is 0 Å². The molecule has 3 aromatic carbocycles. The van der Waals surface area contributed by atoms with Gasteiger partial charge in [0.25, 0.3) is 0 Å². The number of methoxy groups -OCH3 is 1. The third-order valence-corrected chi connectivity index (χ3v) is 6.65. The molecule has 2 aromatic heterocycles. The maximum absolute atomic E-state index is 13.3. The fourth-order valence-corrected chi connectivity index (χ4v) is 4.89. The number of ketones is 1. The molecule has 2 N–H and O–H groups in total. The van der Waals surface area contributed by atoms with E-state index >= 15 is 0 Å². The summed E-state index contributed by atoms with van der Waals surface area (Å²) in [6.45, 7) is 0. The van der Waals surface area contributed by atoms with E-state index in [9.17, 15) is 10.1 Å². The molecule has 8 heteroatoms. The zero-order valence-corrected chi connectivity index (χ0v) is 20.3. The molecule has 0 unspecified atom stereocenters. The Labute approximate surface area is 217 Å². The van der Waals surface area contributed by atoms with E-state index in [1.165, 1.54) is 0 Å². The van der Waals surface area contributed by atoms with Crippen LogP contribution in [0, 0.1) is 11.3 Å². The molecule has 0 saturated heterocycles. The number of halogens is 1. The van der Waals surface area contributed by atoms with Crippen LogP contribution in [-0.2, 0) is 0 Å². The Morgan fingerprint density at radius 2 is 1.70 bits per heavy atom. The Balaban J connectivity index is 1.70. The predicted octanol–water partition coefficient (Wildman–Crippen LogP) is 5.93. The average Bonchev–Trinajstić information content (AvgIpc) is 3.48. The molecular weight excluding hydrogens is 486 g/mol. The molecule has 37 heavy (non-hydrogen) atoms. The van der Waals surface area contributed by atoms with Crippen LogP contribution in [0.15, 0.2) is 79.0 Å². The van der Waals surface area contributed by atoms with Crippen LogP contribution in [0.1, 0.15) is 21.6 Å². The summed E-state index contributed by atoms with van der Waals surface area (Å²) in [6.07, 6.45) is 1.83. The Hall–Kier alpha value is -4.93. The van der Waals surface area contributed by atoms with Crippen molar-refractivity contribution in [3.63, 3.8) is 0 Å². The maximum atomic E-state index is 13.3. The van der Waals surface area contributed by atoms with Gasteiger partial charge in [0, 0.05) is 39.0 Å². The molecule has 0 aliphatic heterocycles. The van der Waals surface area contributed by atoms with Gasteiger partial charge in [0.1, 0.15) is 34.6 Å². The number of rotatable bonds is 4. The van der Waals surface area contributed by atoms with Crippen molar-refractivity contribution in [2.75, 3.05) is 12.8 Å². The van der Waals surface area contributed by atoms with Crippen molar-refractivity contribution in [1.82, 2.24) is 14.8 Å². The molecule has 0 radical (unpaired) electrons. The molecule has 6 rings (SSSR count). The number of ether oxygens (including phenoxy) is 1. The number of nitrogens with two attached hydrogens (primary N) is 1. The Kier molecular flexibility index (Phi) is 5.25. The molecule has 178 valence electrons. The van der Waals surface area contributed by atoms with Gasteiger partial charge in [0.2, 0.25) is 5.78 Å². The first kappa shape index (κ1) is 22.5. The van der Waals surface area contributed by atoms with Crippen LogP contribution < -0.4 is 10.5 Å². The Morgan fingerprint density at radius 1 is 0.946 bits per heavy atom. The van der Waals surface area contributed by atoms with E-state index < -0.39 is 0 Å². The molecule has 1 aliphatic carbocycles. The SMILES string of the molecule is COc1ccc(-c2nn(-c3cccc(Cl)c3)cc2-c2c(C#N)c(N)nc3c2-c2ccccc2C3=O)cc1. The summed E-state index contributed by atoms with van der Waals surface area (Å²) in [5, 5.41) is 15.6. The molecule has 0 amide bonds. The van der Waals surface area contributed by atoms with Gasteiger partial charge in [-0.15, -0.1) is 0 Å². The van der Waals surface area contributed by atoms with Gasteiger partial charge in [0.05, 0.1) is 12.8 Å². The van der Waals surface area contributed by atoms with Gasteiger partial charge in [-0.25, -0.2) is 9.67 Å². The molecule has 0 saturated carbocycles. The number of fused-ring (bicyclic) bond motifs is 3. The fourth-order valence-electron chi connectivity index (χ4n) is 4.71. The Morgan fingerprint density at radius 3 is 2.41 bits per heavy atom. The van der Waals surface area contributed by atoms with E-state index in [4.69, 9.17) is 27.2 Å². The third-order valence-electron chi connectivity index (χ3n) is 6.41. The van der Waals surface area contributed by atoms with E-state index in [1.807, 2.05) is 54.7 Å². The smallest absolute Gasteiger partial charge is 0.212 e.